The average molecular weight is 325 g/mol. The molecule has 0 aliphatic heterocycles. The van der Waals surface area contributed by atoms with E-state index in [0.717, 1.165) is 0 Å². The zero-order valence-electron chi connectivity index (χ0n) is 11.8. The number of nitrogens with one attached hydrogen (secondary N) is 1. The summed E-state index contributed by atoms with van der Waals surface area (Å²) in [6, 6.07) is 12.6. The van der Waals surface area contributed by atoms with Gasteiger partial charge in [0.1, 0.15) is 0 Å². The summed E-state index contributed by atoms with van der Waals surface area (Å²) in [7, 11) is -3.79. The summed E-state index contributed by atoms with van der Waals surface area (Å²) >= 11 is 0. The van der Waals surface area contributed by atoms with Crippen molar-refractivity contribution in [2.75, 3.05) is 4.72 Å². The predicted octanol–water partition coefficient (Wildman–Crippen LogP) is 1.94. The molecule has 0 spiro atoms. The molecule has 3 aromatic rings. The Morgan fingerprint density at radius 3 is 2.52 bits per heavy atom. The van der Waals surface area contributed by atoms with Crippen LogP contribution in [0.25, 0.3) is 5.82 Å². The number of hydrogen-bond acceptors (Lipinski definition) is 5. The Bertz CT molecular complexity index is 958. The Morgan fingerprint density at radius 1 is 1.09 bits per heavy atom. The first-order chi connectivity index (χ1) is 11.1. The Kier molecular flexibility index (Phi) is 3.78. The van der Waals surface area contributed by atoms with Gasteiger partial charge in [0.05, 0.1) is 22.2 Å². The van der Waals surface area contributed by atoms with Crippen LogP contribution >= 0.6 is 0 Å². The number of rotatable bonds is 4. The Morgan fingerprint density at radius 2 is 1.87 bits per heavy atom. The molecular formula is C15H11N5O2S. The van der Waals surface area contributed by atoms with Gasteiger partial charge in [-0.3, -0.25) is 4.72 Å². The number of benzene rings is 1. The van der Waals surface area contributed by atoms with E-state index in [-0.39, 0.29) is 4.90 Å². The number of hydrogen-bond donors (Lipinski definition) is 1. The maximum absolute atomic E-state index is 12.5. The third kappa shape index (κ3) is 3.04. The van der Waals surface area contributed by atoms with Crippen molar-refractivity contribution in [3.8, 4) is 11.9 Å². The number of sulfonamides is 1. The molecule has 0 aliphatic carbocycles. The molecular weight excluding hydrogens is 314 g/mol. The summed E-state index contributed by atoms with van der Waals surface area (Å²) in [5, 5.41) is 12.8. The molecule has 23 heavy (non-hydrogen) atoms. The summed E-state index contributed by atoms with van der Waals surface area (Å²) in [6.07, 6.45) is 4.80. The summed E-state index contributed by atoms with van der Waals surface area (Å²) in [6.45, 7) is 0. The van der Waals surface area contributed by atoms with Gasteiger partial charge in [0.2, 0.25) is 0 Å². The highest BCUT2D eigenvalue weighted by atomic mass is 32.2. The number of nitrogens with zero attached hydrogens (tertiary/aromatic N) is 4. The van der Waals surface area contributed by atoms with E-state index in [0.29, 0.717) is 17.1 Å². The minimum absolute atomic E-state index is 0.0618. The van der Waals surface area contributed by atoms with Crippen molar-refractivity contribution >= 4 is 15.7 Å². The van der Waals surface area contributed by atoms with E-state index in [4.69, 9.17) is 5.26 Å². The molecule has 0 saturated heterocycles. The summed E-state index contributed by atoms with van der Waals surface area (Å²) in [5.74, 6) is 0.370. The lowest BCUT2D eigenvalue weighted by Gasteiger charge is -2.11. The topological polar surface area (TPSA) is 101 Å². The Hall–Kier alpha value is -3.18. The quantitative estimate of drug-likeness (QED) is 0.790. The van der Waals surface area contributed by atoms with Gasteiger partial charge in [-0.2, -0.15) is 10.4 Å². The van der Waals surface area contributed by atoms with Crippen molar-refractivity contribution in [1.82, 2.24) is 14.8 Å². The first-order valence-electron chi connectivity index (χ1n) is 6.58. The average Bonchev–Trinajstić information content (AvgIpc) is 3.09. The van der Waals surface area contributed by atoms with E-state index >= 15 is 0 Å². The highest BCUT2D eigenvalue weighted by Crippen LogP contribution is 2.21. The maximum atomic E-state index is 12.5. The molecule has 0 bridgehead atoms. The van der Waals surface area contributed by atoms with Gasteiger partial charge >= 0.3 is 0 Å². The van der Waals surface area contributed by atoms with Crippen LogP contribution in [0, 0.1) is 11.3 Å². The van der Waals surface area contributed by atoms with Gasteiger partial charge in [-0.25, -0.2) is 18.1 Å². The number of aromatic nitrogens is 3. The van der Waals surface area contributed by atoms with E-state index in [9.17, 15) is 8.42 Å². The van der Waals surface area contributed by atoms with Crippen LogP contribution in [0.2, 0.25) is 0 Å². The minimum atomic E-state index is -3.79. The van der Waals surface area contributed by atoms with E-state index < -0.39 is 10.0 Å². The van der Waals surface area contributed by atoms with Gasteiger partial charge < -0.3 is 0 Å². The fraction of sp³-hybridized carbons (Fsp3) is 0. The Balaban J connectivity index is 1.97. The molecule has 1 aromatic carbocycles. The molecule has 0 fully saturated rings. The number of pyridine rings is 1. The van der Waals surface area contributed by atoms with E-state index in [1.54, 1.807) is 36.8 Å². The fourth-order valence-corrected chi connectivity index (χ4v) is 3.03. The molecule has 114 valence electrons. The maximum Gasteiger partial charge on any atom is 0.262 e. The second-order valence-corrected chi connectivity index (χ2v) is 6.25. The predicted molar refractivity (Wildman–Crippen MR) is 83.3 cm³/mol. The molecule has 0 atom stereocenters. The third-order valence-corrected chi connectivity index (χ3v) is 4.43. The fourth-order valence-electron chi connectivity index (χ4n) is 1.97. The van der Waals surface area contributed by atoms with Gasteiger partial charge in [0, 0.05) is 18.6 Å². The lowest BCUT2D eigenvalue weighted by atomic mass is 10.2. The molecule has 0 radical (unpaired) electrons. The molecule has 2 aromatic heterocycles. The molecule has 0 saturated carbocycles. The largest absolute Gasteiger partial charge is 0.276 e. The number of anilines is 1. The lowest BCUT2D eigenvalue weighted by Crippen LogP contribution is -2.15. The van der Waals surface area contributed by atoms with Crippen molar-refractivity contribution in [1.29, 1.82) is 5.26 Å². The molecule has 0 unspecified atom stereocenters. The Labute approximate surface area is 132 Å². The normalized spacial score (nSPS) is 10.9. The molecule has 2 heterocycles. The van der Waals surface area contributed by atoms with Gasteiger partial charge in [-0.15, -0.1) is 0 Å². The smallest absolute Gasteiger partial charge is 0.262 e. The first kappa shape index (κ1) is 14.7. The van der Waals surface area contributed by atoms with E-state index in [2.05, 4.69) is 14.8 Å². The zero-order valence-corrected chi connectivity index (χ0v) is 12.6. The van der Waals surface area contributed by atoms with E-state index in [1.165, 1.54) is 28.9 Å². The van der Waals surface area contributed by atoms with Gasteiger partial charge in [0.25, 0.3) is 10.0 Å². The van der Waals surface area contributed by atoms with Crippen molar-refractivity contribution in [3.05, 3.63) is 66.6 Å². The van der Waals surface area contributed by atoms with Crippen LogP contribution in [-0.2, 0) is 10.0 Å². The molecule has 1 N–H and O–H groups in total. The van der Waals surface area contributed by atoms with Crippen LogP contribution in [0.15, 0.2) is 66.0 Å². The molecule has 3 rings (SSSR count). The van der Waals surface area contributed by atoms with Gasteiger partial charge in [0.15, 0.2) is 5.82 Å². The van der Waals surface area contributed by atoms with Crippen molar-refractivity contribution in [2.45, 2.75) is 4.90 Å². The highest BCUT2D eigenvalue weighted by Gasteiger charge is 2.17. The highest BCUT2D eigenvalue weighted by molar-refractivity contribution is 7.92. The zero-order chi connectivity index (χ0) is 16.3. The summed E-state index contributed by atoms with van der Waals surface area (Å²) < 4.78 is 28.9. The SMILES string of the molecule is N#Cc1ccc(S(=O)(=O)Nc2cccnc2-n2cccn2)cc1. The first-order valence-corrected chi connectivity index (χ1v) is 8.06. The molecule has 0 aliphatic rings. The molecule has 7 nitrogen and oxygen atoms in total. The monoisotopic (exact) mass is 325 g/mol. The number of nitriles is 1. The van der Waals surface area contributed by atoms with Gasteiger partial charge in [-0.05, 0) is 42.5 Å². The van der Waals surface area contributed by atoms with Crippen LogP contribution in [0.5, 0.6) is 0 Å². The van der Waals surface area contributed by atoms with Crippen LogP contribution in [0.1, 0.15) is 5.56 Å². The second kappa shape index (κ2) is 5.90. The minimum Gasteiger partial charge on any atom is -0.276 e. The van der Waals surface area contributed by atoms with Crippen molar-refractivity contribution < 1.29 is 8.42 Å². The van der Waals surface area contributed by atoms with Crippen molar-refractivity contribution in [2.24, 2.45) is 0 Å². The summed E-state index contributed by atoms with van der Waals surface area (Å²) in [4.78, 5) is 4.22. The second-order valence-electron chi connectivity index (χ2n) is 4.57. The molecule has 8 heteroatoms. The van der Waals surface area contributed by atoms with Crippen LogP contribution in [0.4, 0.5) is 5.69 Å². The van der Waals surface area contributed by atoms with E-state index in [1.807, 2.05) is 6.07 Å². The van der Waals surface area contributed by atoms with Crippen molar-refractivity contribution in [3.63, 3.8) is 0 Å². The standard InChI is InChI=1S/C15H11N5O2S/c16-11-12-4-6-13(7-5-12)23(21,22)19-14-3-1-8-17-15(14)20-10-2-9-18-20/h1-10,19H. The third-order valence-electron chi connectivity index (χ3n) is 3.05. The lowest BCUT2D eigenvalue weighted by molar-refractivity contribution is 0.601. The summed E-state index contributed by atoms with van der Waals surface area (Å²) in [5.41, 5.74) is 0.697. The van der Waals surface area contributed by atoms with Crippen LogP contribution in [-0.4, -0.2) is 23.2 Å². The van der Waals surface area contributed by atoms with Gasteiger partial charge in [-0.1, -0.05) is 0 Å². The van der Waals surface area contributed by atoms with Crippen LogP contribution in [0.3, 0.4) is 0 Å². The molecule has 0 amide bonds. The van der Waals surface area contributed by atoms with Crippen LogP contribution < -0.4 is 4.72 Å².